The molecule has 0 heterocycles. The zero-order valence-electron chi connectivity index (χ0n) is 7.38. The molecule has 0 unspecified atom stereocenters. The molecule has 70 valence electrons. The molecule has 0 aliphatic heterocycles. The molecular weight excluding hydrogens is 156 g/mol. The van der Waals surface area contributed by atoms with Crippen molar-refractivity contribution in [3.8, 4) is 0 Å². The molecule has 1 rings (SSSR count). The van der Waals surface area contributed by atoms with Crippen molar-refractivity contribution in [2.75, 3.05) is 7.05 Å². The second-order valence-electron chi connectivity index (χ2n) is 3.20. The molecule has 0 bridgehead atoms. The Morgan fingerprint density at radius 2 is 2.00 bits per heavy atom. The maximum atomic E-state index is 10.4. The Labute approximate surface area is 72.5 Å². The lowest BCUT2D eigenvalue weighted by molar-refractivity contribution is 0.0766. The predicted molar refractivity (Wildman–Crippen MR) is 45.8 cm³/mol. The van der Waals surface area contributed by atoms with Crippen LogP contribution in [0.3, 0.4) is 0 Å². The topological polar surface area (TPSA) is 64.3 Å². The lowest BCUT2D eigenvalue weighted by Crippen LogP contribution is -2.34. The summed E-state index contributed by atoms with van der Waals surface area (Å²) >= 11 is 0. The highest BCUT2D eigenvalue weighted by Crippen LogP contribution is 2.20. The maximum absolute atomic E-state index is 10.4. The van der Waals surface area contributed by atoms with Gasteiger partial charge in [0.25, 0.3) is 0 Å². The van der Waals surface area contributed by atoms with Gasteiger partial charge in [0.05, 0.1) is 0 Å². The van der Waals surface area contributed by atoms with E-state index in [1.807, 2.05) is 7.05 Å². The fourth-order valence-electron chi connectivity index (χ4n) is 1.63. The van der Waals surface area contributed by atoms with Crippen LogP contribution in [0.2, 0.25) is 0 Å². The minimum Gasteiger partial charge on any atom is -0.446 e. The zero-order chi connectivity index (χ0) is 8.97. The summed E-state index contributed by atoms with van der Waals surface area (Å²) in [5.41, 5.74) is 4.91. The number of carbonyl (C=O) groups is 1. The number of rotatable bonds is 2. The number of hydrogen-bond acceptors (Lipinski definition) is 3. The van der Waals surface area contributed by atoms with Crippen LogP contribution in [0.5, 0.6) is 0 Å². The van der Waals surface area contributed by atoms with Gasteiger partial charge in [0.2, 0.25) is 0 Å². The van der Waals surface area contributed by atoms with E-state index in [4.69, 9.17) is 10.5 Å². The van der Waals surface area contributed by atoms with Gasteiger partial charge in [-0.15, -0.1) is 0 Å². The molecular formula is C8H16N2O2. The lowest BCUT2D eigenvalue weighted by Gasteiger charge is -2.27. The van der Waals surface area contributed by atoms with Crippen LogP contribution in [-0.2, 0) is 4.74 Å². The van der Waals surface area contributed by atoms with E-state index in [-0.39, 0.29) is 6.10 Å². The minimum atomic E-state index is -0.650. The van der Waals surface area contributed by atoms with Crippen molar-refractivity contribution < 1.29 is 9.53 Å². The van der Waals surface area contributed by atoms with E-state index in [0.717, 1.165) is 25.7 Å². The average Bonchev–Trinajstić information content (AvgIpc) is 2.05. The Bertz CT molecular complexity index is 153. The fraction of sp³-hybridized carbons (Fsp3) is 0.875. The highest BCUT2D eigenvalue weighted by molar-refractivity contribution is 5.64. The maximum Gasteiger partial charge on any atom is 0.404 e. The van der Waals surface area contributed by atoms with Gasteiger partial charge in [-0.25, -0.2) is 4.79 Å². The number of amides is 1. The van der Waals surface area contributed by atoms with Crippen LogP contribution in [0.4, 0.5) is 4.79 Å². The third-order valence-corrected chi connectivity index (χ3v) is 2.37. The van der Waals surface area contributed by atoms with E-state index in [2.05, 4.69) is 5.32 Å². The molecule has 0 aromatic carbocycles. The molecule has 1 fully saturated rings. The van der Waals surface area contributed by atoms with Gasteiger partial charge in [-0.05, 0) is 32.7 Å². The molecule has 4 heteroatoms. The molecule has 3 N–H and O–H groups in total. The molecule has 4 nitrogen and oxygen atoms in total. The van der Waals surface area contributed by atoms with Gasteiger partial charge in [-0.3, -0.25) is 0 Å². The van der Waals surface area contributed by atoms with Crippen LogP contribution in [0.1, 0.15) is 25.7 Å². The fourth-order valence-corrected chi connectivity index (χ4v) is 1.63. The van der Waals surface area contributed by atoms with Crippen molar-refractivity contribution >= 4 is 6.09 Å². The van der Waals surface area contributed by atoms with Gasteiger partial charge in [-0.1, -0.05) is 0 Å². The molecule has 1 saturated carbocycles. The van der Waals surface area contributed by atoms with Gasteiger partial charge < -0.3 is 15.8 Å². The molecule has 0 spiro atoms. The van der Waals surface area contributed by atoms with Crippen LogP contribution in [0.25, 0.3) is 0 Å². The highest BCUT2D eigenvalue weighted by Gasteiger charge is 2.21. The molecule has 0 saturated heterocycles. The summed E-state index contributed by atoms with van der Waals surface area (Å²) in [4.78, 5) is 10.4. The first-order valence-corrected chi connectivity index (χ1v) is 4.35. The normalized spacial score (nSPS) is 29.8. The predicted octanol–water partition coefficient (Wildman–Crippen LogP) is 0.612. The van der Waals surface area contributed by atoms with E-state index < -0.39 is 6.09 Å². The monoisotopic (exact) mass is 172 g/mol. The number of ether oxygens (including phenoxy) is 1. The van der Waals surface area contributed by atoms with Gasteiger partial charge in [-0.2, -0.15) is 0 Å². The smallest absolute Gasteiger partial charge is 0.404 e. The first-order chi connectivity index (χ1) is 5.72. The molecule has 0 aromatic rings. The third kappa shape index (κ3) is 2.70. The van der Waals surface area contributed by atoms with E-state index in [0.29, 0.717) is 6.04 Å². The summed E-state index contributed by atoms with van der Waals surface area (Å²) in [7, 11) is 1.96. The Hall–Kier alpha value is -0.770. The zero-order valence-corrected chi connectivity index (χ0v) is 7.38. The molecule has 1 aliphatic rings. The van der Waals surface area contributed by atoms with Gasteiger partial charge >= 0.3 is 6.09 Å². The van der Waals surface area contributed by atoms with E-state index in [1.165, 1.54) is 0 Å². The van der Waals surface area contributed by atoms with Crippen molar-refractivity contribution in [3.63, 3.8) is 0 Å². The highest BCUT2D eigenvalue weighted by atomic mass is 16.6. The number of hydrogen-bond donors (Lipinski definition) is 2. The lowest BCUT2D eigenvalue weighted by atomic mass is 9.93. The van der Waals surface area contributed by atoms with E-state index in [9.17, 15) is 4.79 Å². The first kappa shape index (κ1) is 9.32. The Morgan fingerprint density at radius 1 is 1.42 bits per heavy atom. The Balaban J connectivity index is 2.21. The third-order valence-electron chi connectivity index (χ3n) is 2.37. The minimum absolute atomic E-state index is 0.0482. The second-order valence-corrected chi connectivity index (χ2v) is 3.20. The van der Waals surface area contributed by atoms with Gasteiger partial charge in [0.15, 0.2) is 0 Å². The summed E-state index contributed by atoms with van der Waals surface area (Å²) < 4.78 is 4.90. The first-order valence-electron chi connectivity index (χ1n) is 4.35. The van der Waals surface area contributed by atoms with Crippen LogP contribution >= 0.6 is 0 Å². The number of primary amides is 1. The van der Waals surface area contributed by atoms with Gasteiger partial charge in [0.1, 0.15) is 6.10 Å². The average molecular weight is 172 g/mol. The van der Waals surface area contributed by atoms with E-state index >= 15 is 0 Å². The van der Waals surface area contributed by atoms with Crippen LogP contribution < -0.4 is 11.1 Å². The standard InChI is InChI=1S/C8H16N2O2/c1-10-6-2-4-7(5-3-6)12-8(9)11/h6-7,10H,2-5H2,1H3,(H2,9,11)/t6-,7-. The Morgan fingerprint density at radius 3 is 2.42 bits per heavy atom. The molecule has 0 atom stereocenters. The van der Waals surface area contributed by atoms with Gasteiger partial charge in [0, 0.05) is 6.04 Å². The van der Waals surface area contributed by atoms with Crippen molar-refractivity contribution in [2.24, 2.45) is 5.73 Å². The van der Waals surface area contributed by atoms with Crippen LogP contribution in [0.15, 0.2) is 0 Å². The molecule has 0 aromatic heterocycles. The van der Waals surface area contributed by atoms with E-state index in [1.54, 1.807) is 0 Å². The van der Waals surface area contributed by atoms with Crippen LogP contribution in [-0.4, -0.2) is 25.3 Å². The summed E-state index contributed by atoms with van der Waals surface area (Å²) in [6.07, 6.45) is 3.38. The molecule has 1 aliphatic carbocycles. The molecule has 0 radical (unpaired) electrons. The summed E-state index contributed by atoms with van der Waals surface area (Å²) in [5.74, 6) is 0. The Kier molecular flexibility index (Phi) is 3.34. The summed E-state index contributed by atoms with van der Waals surface area (Å²) in [5, 5.41) is 3.21. The number of nitrogens with one attached hydrogen (secondary N) is 1. The van der Waals surface area contributed by atoms with Crippen LogP contribution in [0, 0.1) is 0 Å². The summed E-state index contributed by atoms with van der Waals surface area (Å²) in [6.45, 7) is 0. The largest absolute Gasteiger partial charge is 0.446 e. The SMILES string of the molecule is CN[C@H]1CC[C@H](OC(N)=O)CC1. The summed E-state index contributed by atoms with van der Waals surface area (Å²) in [6, 6.07) is 0.581. The van der Waals surface area contributed by atoms with Crippen molar-refractivity contribution in [1.29, 1.82) is 0 Å². The second kappa shape index (κ2) is 4.30. The molecule has 1 amide bonds. The number of carbonyl (C=O) groups excluding carboxylic acids is 1. The molecule has 12 heavy (non-hydrogen) atoms. The van der Waals surface area contributed by atoms with Crippen molar-refractivity contribution in [3.05, 3.63) is 0 Å². The van der Waals surface area contributed by atoms with Crippen molar-refractivity contribution in [1.82, 2.24) is 5.32 Å². The number of nitrogens with two attached hydrogens (primary N) is 1. The quantitative estimate of drug-likeness (QED) is 0.641. The van der Waals surface area contributed by atoms with Crippen molar-refractivity contribution in [2.45, 2.75) is 37.8 Å².